The highest BCUT2D eigenvalue weighted by Gasteiger charge is 2.18. The van der Waals surface area contributed by atoms with E-state index in [-0.39, 0.29) is 5.91 Å². The number of likely N-dealkylation sites (tertiary alicyclic amines) is 1. The third-order valence-electron chi connectivity index (χ3n) is 4.70. The summed E-state index contributed by atoms with van der Waals surface area (Å²) < 4.78 is 5.78. The molecule has 1 aliphatic heterocycles. The Morgan fingerprint density at radius 3 is 2.46 bits per heavy atom. The van der Waals surface area contributed by atoms with Gasteiger partial charge in [0.25, 0.3) is 5.91 Å². The van der Waals surface area contributed by atoms with Crippen molar-refractivity contribution in [3.05, 3.63) is 70.2 Å². The highest BCUT2D eigenvalue weighted by Crippen LogP contribution is 2.25. The lowest BCUT2D eigenvalue weighted by atomic mass is 10.3. The number of benzene rings is 2. The number of aromatic nitrogens is 1. The van der Waals surface area contributed by atoms with Gasteiger partial charge < -0.3 is 10.1 Å². The predicted octanol–water partition coefficient (Wildman–Crippen LogP) is 5.09. The zero-order valence-corrected chi connectivity index (χ0v) is 16.7. The maximum atomic E-state index is 12.7. The van der Waals surface area contributed by atoms with Crippen molar-refractivity contribution in [3.8, 4) is 11.5 Å². The van der Waals surface area contributed by atoms with Crippen LogP contribution >= 0.6 is 11.3 Å². The van der Waals surface area contributed by atoms with Crippen molar-refractivity contribution in [2.24, 2.45) is 0 Å². The van der Waals surface area contributed by atoms with Crippen LogP contribution in [0.2, 0.25) is 0 Å². The second kappa shape index (κ2) is 8.54. The molecule has 144 valence electrons. The molecule has 6 heteroatoms. The number of nitrogens with one attached hydrogen (secondary N) is 1. The minimum atomic E-state index is -0.112. The number of carbonyl (C=O) groups is 1. The summed E-state index contributed by atoms with van der Waals surface area (Å²) in [6.45, 7) is 4.98. The molecular formula is C22H23N3O2S. The molecule has 4 rings (SSSR count). The first-order chi connectivity index (χ1) is 13.7. The molecular weight excluding hydrogens is 370 g/mol. The number of hydrogen-bond acceptors (Lipinski definition) is 5. The summed E-state index contributed by atoms with van der Waals surface area (Å²) in [4.78, 5) is 20.3. The van der Waals surface area contributed by atoms with Crippen molar-refractivity contribution in [1.29, 1.82) is 0 Å². The van der Waals surface area contributed by atoms with Gasteiger partial charge in [-0.2, -0.15) is 0 Å². The van der Waals surface area contributed by atoms with Crippen LogP contribution in [0.15, 0.2) is 54.6 Å². The molecule has 0 spiro atoms. The summed E-state index contributed by atoms with van der Waals surface area (Å²) in [5, 5.41) is 3.97. The van der Waals surface area contributed by atoms with Crippen molar-refractivity contribution < 1.29 is 9.53 Å². The van der Waals surface area contributed by atoms with Gasteiger partial charge in [-0.1, -0.05) is 18.2 Å². The number of hydrogen-bond donors (Lipinski definition) is 1. The normalized spacial score (nSPS) is 14.2. The lowest BCUT2D eigenvalue weighted by Crippen LogP contribution is -2.18. The van der Waals surface area contributed by atoms with Crippen LogP contribution in [0.5, 0.6) is 11.5 Å². The van der Waals surface area contributed by atoms with E-state index in [2.05, 4.69) is 15.2 Å². The Kier molecular flexibility index (Phi) is 5.69. The lowest BCUT2D eigenvalue weighted by molar-refractivity contribution is 0.103. The summed E-state index contributed by atoms with van der Waals surface area (Å²) in [6.07, 6.45) is 2.50. The van der Waals surface area contributed by atoms with Gasteiger partial charge >= 0.3 is 0 Å². The summed E-state index contributed by atoms with van der Waals surface area (Å²) in [7, 11) is 0. The number of anilines is 1. The predicted molar refractivity (Wildman–Crippen MR) is 112 cm³/mol. The molecule has 5 nitrogen and oxygen atoms in total. The Labute approximate surface area is 169 Å². The highest BCUT2D eigenvalue weighted by molar-refractivity contribution is 7.13. The van der Waals surface area contributed by atoms with Gasteiger partial charge in [-0.15, -0.1) is 11.3 Å². The van der Waals surface area contributed by atoms with Crippen LogP contribution in [0.1, 0.15) is 33.2 Å². The molecule has 1 N–H and O–H groups in total. The Bertz CT molecular complexity index is 932. The highest BCUT2D eigenvalue weighted by atomic mass is 32.1. The molecule has 0 aliphatic carbocycles. The average Bonchev–Trinajstić information content (AvgIpc) is 3.34. The van der Waals surface area contributed by atoms with Gasteiger partial charge in [-0.25, -0.2) is 4.98 Å². The van der Waals surface area contributed by atoms with Gasteiger partial charge in [0.2, 0.25) is 0 Å². The summed E-state index contributed by atoms with van der Waals surface area (Å²) in [6, 6.07) is 17.0. The zero-order chi connectivity index (χ0) is 19.3. The number of thiazole rings is 1. The number of para-hydroxylation sites is 1. The van der Waals surface area contributed by atoms with Crippen LogP contribution in [0.4, 0.5) is 5.69 Å². The van der Waals surface area contributed by atoms with Crippen LogP contribution in [-0.2, 0) is 6.54 Å². The number of ether oxygens (including phenoxy) is 1. The molecule has 0 saturated carbocycles. The van der Waals surface area contributed by atoms with E-state index in [0.717, 1.165) is 47.5 Å². The molecule has 2 aromatic carbocycles. The molecule has 0 bridgehead atoms. The van der Waals surface area contributed by atoms with Crippen molar-refractivity contribution in [1.82, 2.24) is 9.88 Å². The van der Waals surface area contributed by atoms with Gasteiger partial charge in [0.1, 0.15) is 21.4 Å². The quantitative estimate of drug-likeness (QED) is 0.634. The fourth-order valence-corrected chi connectivity index (χ4v) is 4.28. The zero-order valence-electron chi connectivity index (χ0n) is 15.9. The molecule has 1 aliphatic rings. The maximum Gasteiger partial charge on any atom is 0.267 e. The largest absolute Gasteiger partial charge is 0.457 e. The molecule has 0 radical (unpaired) electrons. The summed E-state index contributed by atoms with van der Waals surface area (Å²) in [5.74, 6) is 1.40. The van der Waals surface area contributed by atoms with Gasteiger partial charge in [0.15, 0.2) is 0 Å². The van der Waals surface area contributed by atoms with Gasteiger partial charge in [0.05, 0.1) is 12.2 Å². The first kappa shape index (κ1) is 18.7. The third-order valence-corrected chi connectivity index (χ3v) is 5.84. The van der Waals surface area contributed by atoms with Gasteiger partial charge in [-0.3, -0.25) is 9.69 Å². The molecule has 0 unspecified atom stereocenters. The second-order valence-electron chi connectivity index (χ2n) is 6.90. The minimum Gasteiger partial charge on any atom is -0.457 e. The standard InChI is InChI=1S/C22H23N3O2S/c1-16-21(28-20(23-16)15-25-13-5-6-14-25)22(26)24-17-9-11-19(12-10-17)27-18-7-3-2-4-8-18/h2-4,7-12H,5-6,13-15H2,1H3,(H,24,26). The van der Waals surface area contributed by atoms with Crippen LogP contribution in [0.3, 0.4) is 0 Å². The Hall–Kier alpha value is -2.70. The number of carbonyl (C=O) groups excluding carboxylic acids is 1. The van der Waals surface area contributed by atoms with Gasteiger partial charge in [0, 0.05) is 5.69 Å². The fourth-order valence-electron chi connectivity index (χ4n) is 3.28. The molecule has 1 aromatic heterocycles. The number of rotatable bonds is 6. The van der Waals surface area contributed by atoms with Crippen molar-refractivity contribution in [2.75, 3.05) is 18.4 Å². The van der Waals surface area contributed by atoms with E-state index in [1.165, 1.54) is 24.2 Å². The van der Waals surface area contributed by atoms with E-state index in [0.29, 0.717) is 4.88 Å². The third kappa shape index (κ3) is 4.58. The molecule has 0 atom stereocenters. The second-order valence-corrected chi connectivity index (χ2v) is 7.98. The lowest BCUT2D eigenvalue weighted by Gasteiger charge is -2.11. The molecule has 1 amide bonds. The molecule has 2 heterocycles. The summed E-state index contributed by atoms with van der Waals surface area (Å²) >= 11 is 1.49. The number of amides is 1. The molecule has 1 saturated heterocycles. The van der Waals surface area contributed by atoms with Crippen LogP contribution in [-0.4, -0.2) is 28.9 Å². The maximum absolute atomic E-state index is 12.7. The number of aryl methyl sites for hydroxylation is 1. The van der Waals surface area contributed by atoms with E-state index in [9.17, 15) is 4.79 Å². The van der Waals surface area contributed by atoms with Gasteiger partial charge in [-0.05, 0) is 69.3 Å². The topological polar surface area (TPSA) is 54.5 Å². The smallest absolute Gasteiger partial charge is 0.267 e. The first-order valence-corrected chi connectivity index (χ1v) is 10.3. The minimum absolute atomic E-state index is 0.112. The Balaban J connectivity index is 1.38. The van der Waals surface area contributed by atoms with E-state index >= 15 is 0 Å². The van der Waals surface area contributed by atoms with E-state index in [4.69, 9.17) is 4.74 Å². The molecule has 1 fully saturated rings. The van der Waals surface area contributed by atoms with E-state index in [1.807, 2.05) is 61.5 Å². The van der Waals surface area contributed by atoms with Crippen LogP contribution < -0.4 is 10.1 Å². The Morgan fingerprint density at radius 2 is 1.75 bits per heavy atom. The van der Waals surface area contributed by atoms with Crippen LogP contribution in [0.25, 0.3) is 0 Å². The average molecular weight is 394 g/mol. The molecule has 28 heavy (non-hydrogen) atoms. The van der Waals surface area contributed by atoms with Crippen molar-refractivity contribution in [3.63, 3.8) is 0 Å². The Morgan fingerprint density at radius 1 is 1.07 bits per heavy atom. The SMILES string of the molecule is Cc1nc(CN2CCCC2)sc1C(=O)Nc1ccc(Oc2ccccc2)cc1. The van der Waals surface area contributed by atoms with Crippen LogP contribution in [0, 0.1) is 6.92 Å². The monoisotopic (exact) mass is 393 g/mol. The number of nitrogens with zero attached hydrogens (tertiary/aromatic N) is 2. The van der Waals surface area contributed by atoms with E-state index < -0.39 is 0 Å². The summed E-state index contributed by atoms with van der Waals surface area (Å²) in [5.41, 5.74) is 1.53. The van der Waals surface area contributed by atoms with E-state index in [1.54, 1.807) is 0 Å². The fraction of sp³-hybridized carbons (Fsp3) is 0.273. The van der Waals surface area contributed by atoms with Crippen molar-refractivity contribution in [2.45, 2.75) is 26.3 Å². The molecule has 3 aromatic rings. The van der Waals surface area contributed by atoms with Crippen molar-refractivity contribution >= 4 is 22.9 Å². The first-order valence-electron chi connectivity index (χ1n) is 9.50.